The van der Waals surface area contributed by atoms with Crippen LogP contribution in [-0.4, -0.2) is 76.4 Å². The number of aromatic nitrogens is 2. The van der Waals surface area contributed by atoms with Crippen molar-refractivity contribution in [1.29, 1.82) is 5.26 Å². The van der Waals surface area contributed by atoms with Gasteiger partial charge in [0.15, 0.2) is 5.65 Å². The SMILES string of the molecule is CC(C)(C)C[C@@H]1N[C@@H](C(=O)N[C@H]2CC[C@H](CN3CCC(C#Cc4cccn5c(N6CCC(=O)NC6=O)cnc45)CC3)CC2)[C@H](c2cccc(Cl)c2F)[C@@]1(C#N)c1ccc(Cl)cc1F. The molecule has 1 saturated carbocycles. The second kappa shape index (κ2) is 18.2. The molecule has 0 spiro atoms. The highest BCUT2D eigenvalue weighted by Gasteiger charge is 2.61. The number of imide groups is 1. The van der Waals surface area contributed by atoms with Gasteiger partial charge in [0.25, 0.3) is 0 Å². The van der Waals surface area contributed by atoms with E-state index in [0.717, 1.165) is 69.8 Å². The summed E-state index contributed by atoms with van der Waals surface area (Å²) in [5.41, 5.74) is -0.438. The number of fused-ring (bicyclic) bond motifs is 1. The number of likely N-dealkylation sites (tertiary alicyclic amines) is 1. The standard InChI is InChI=1S/C48H52Cl2F2N8O3/c1-47(2,3)25-38-48(28-53,35-16-13-32(49)24-37(35)51)41(34-7-4-8-36(50)42(34)52)43(56-38)45(62)55-33-14-10-30(11-15-33)27-58-21-17-29(18-22-58)9-12-31-6-5-20-59-40(26-54-44(31)59)60-23-19-39(61)57-46(60)63/h4-8,13,16,20,24,26,29-30,33,38,41,43,56H,10-11,14-15,17-19,21-23,25,27H2,1-3H3,(H,55,62)(H,57,61,63)/t30-,33-,38-,41-,43+,48-/m0/s1. The van der Waals surface area contributed by atoms with Gasteiger partial charge in [-0.2, -0.15) is 5.26 Å². The van der Waals surface area contributed by atoms with Gasteiger partial charge in [-0.3, -0.25) is 24.2 Å². The second-order valence-electron chi connectivity index (χ2n) is 18.7. The van der Waals surface area contributed by atoms with Crippen LogP contribution in [0, 0.1) is 52.1 Å². The molecule has 0 bridgehead atoms. The molecule has 15 heteroatoms. The summed E-state index contributed by atoms with van der Waals surface area (Å²) in [7, 11) is 0. The molecule has 330 valence electrons. The monoisotopic (exact) mass is 896 g/mol. The summed E-state index contributed by atoms with van der Waals surface area (Å²) in [4.78, 5) is 47.2. The van der Waals surface area contributed by atoms with Crippen molar-refractivity contribution in [2.24, 2.45) is 17.3 Å². The lowest BCUT2D eigenvalue weighted by atomic mass is 9.62. The first-order valence-electron chi connectivity index (χ1n) is 21.8. The molecule has 2 aromatic heterocycles. The second-order valence-corrected chi connectivity index (χ2v) is 19.6. The number of nitrogens with one attached hydrogen (secondary N) is 3. The lowest BCUT2D eigenvalue weighted by Gasteiger charge is -2.38. The number of amides is 4. The predicted molar refractivity (Wildman–Crippen MR) is 238 cm³/mol. The van der Waals surface area contributed by atoms with Crippen molar-refractivity contribution in [2.75, 3.05) is 31.1 Å². The van der Waals surface area contributed by atoms with Crippen molar-refractivity contribution in [3.05, 3.63) is 99.3 Å². The fourth-order valence-corrected chi connectivity index (χ4v) is 10.6. The number of hydrogen-bond acceptors (Lipinski definition) is 7. The summed E-state index contributed by atoms with van der Waals surface area (Å²) in [6.07, 6.45) is 9.44. The Morgan fingerprint density at radius 3 is 2.48 bits per heavy atom. The van der Waals surface area contributed by atoms with Gasteiger partial charge < -0.3 is 15.5 Å². The van der Waals surface area contributed by atoms with Crippen molar-refractivity contribution in [2.45, 2.75) is 102 Å². The van der Waals surface area contributed by atoms with Gasteiger partial charge in [0.2, 0.25) is 11.8 Å². The number of imidazole rings is 1. The molecule has 4 fully saturated rings. The van der Waals surface area contributed by atoms with Crippen LogP contribution in [0.4, 0.5) is 19.4 Å². The summed E-state index contributed by atoms with van der Waals surface area (Å²) < 4.78 is 34.0. The smallest absolute Gasteiger partial charge is 0.329 e. The van der Waals surface area contributed by atoms with Crippen LogP contribution in [0.25, 0.3) is 5.65 Å². The van der Waals surface area contributed by atoms with Crippen LogP contribution < -0.4 is 20.9 Å². The van der Waals surface area contributed by atoms with Crippen LogP contribution in [0.5, 0.6) is 0 Å². The third-order valence-electron chi connectivity index (χ3n) is 13.3. The zero-order chi connectivity index (χ0) is 44.6. The van der Waals surface area contributed by atoms with Crippen LogP contribution in [0.1, 0.15) is 94.7 Å². The summed E-state index contributed by atoms with van der Waals surface area (Å²) in [5.74, 6) is 4.96. The highest BCUT2D eigenvalue weighted by Crippen LogP contribution is 2.53. The minimum atomic E-state index is -1.68. The number of nitriles is 1. The quantitative estimate of drug-likeness (QED) is 0.152. The maximum atomic E-state index is 16.1. The molecular weight excluding hydrogens is 845 g/mol. The minimum Gasteiger partial charge on any atom is -0.352 e. The van der Waals surface area contributed by atoms with E-state index in [1.165, 1.54) is 29.2 Å². The van der Waals surface area contributed by atoms with E-state index in [4.69, 9.17) is 23.2 Å². The van der Waals surface area contributed by atoms with Gasteiger partial charge in [-0.25, -0.2) is 18.6 Å². The molecule has 0 unspecified atom stereocenters. The van der Waals surface area contributed by atoms with Gasteiger partial charge in [-0.05, 0) is 105 Å². The van der Waals surface area contributed by atoms with Crippen molar-refractivity contribution >= 4 is 52.5 Å². The fourth-order valence-electron chi connectivity index (χ4n) is 10.2. The number of anilines is 1. The van der Waals surface area contributed by atoms with E-state index < -0.39 is 41.1 Å². The van der Waals surface area contributed by atoms with Crippen LogP contribution in [0.15, 0.2) is 60.9 Å². The molecule has 5 heterocycles. The van der Waals surface area contributed by atoms with Crippen LogP contribution in [0.2, 0.25) is 10.0 Å². The number of benzene rings is 2. The zero-order valence-corrected chi connectivity index (χ0v) is 37.2. The van der Waals surface area contributed by atoms with E-state index in [2.05, 4.69) is 43.7 Å². The number of urea groups is 1. The normalized spacial score (nSPS) is 25.9. The Hall–Kier alpha value is -5.05. The van der Waals surface area contributed by atoms with Crippen molar-refractivity contribution in [1.82, 2.24) is 30.2 Å². The predicted octanol–water partition coefficient (Wildman–Crippen LogP) is 8.13. The summed E-state index contributed by atoms with van der Waals surface area (Å²) >= 11 is 12.5. The molecule has 2 aromatic carbocycles. The number of hydrogen-bond donors (Lipinski definition) is 3. The molecule has 8 rings (SSSR count). The number of pyridine rings is 1. The average molecular weight is 898 g/mol. The topological polar surface area (TPSA) is 135 Å². The molecule has 3 saturated heterocycles. The third kappa shape index (κ3) is 9.17. The van der Waals surface area contributed by atoms with Gasteiger partial charge >= 0.3 is 6.03 Å². The molecule has 4 aliphatic rings. The lowest BCUT2D eigenvalue weighted by molar-refractivity contribution is -0.124. The Morgan fingerprint density at radius 2 is 1.78 bits per heavy atom. The summed E-state index contributed by atoms with van der Waals surface area (Å²) in [6, 6.07) is 12.6. The van der Waals surface area contributed by atoms with E-state index in [9.17, 15) is 19.6 Å². The fraction of sp³-hybridized carbons (Fsp3) is 0.479. The lowest BCUT2D eigenvalue weighted by Crippen LogP contribution is -2.50. The van der Waals surface area contributed by atoms with Crippen molar-refractivity contribution in [3.8, 4) is 17.9 Å². The summed E-state index contributed by atoms with van der Waals surface area (Å²) in [5, 5.41) is 20.2. The highest BCUT2D eigenvalue weighted by molar-refractivity contribution is 6.31. The molecule has 11 nitrogen and oxygen atoms in total. The number of halogens is 4. The molecule has 3 N–H and O–H groups in total. The van der Waals surface area contributed by atoms with Gasteiger partial charge in [0.05, 0.1) is 28.9 Å². The molecular formula is C48H52Cl2F2N8O3. The molecule has 4 aromatic rings. The zero-order valence-electron chi connectivity index (χ0n) is 35.7. The van der Waals surface area contributed by atoms with Crippen molar-refractivity contribution < 1.29 is 23.2 Å². The minimum absolute atomic E-state index is 0.0556. The molecule has 0 radical (unpaired) electrons. The first-order valence-corrected chi connectivity index (χ1v) is 22.6. The number of carbonyl (C=O) groups is 3. The third-order valence-corrected chi connectivity index (χ3v) is 13.8. The molecule has 4 amide bonds. The van der Waals surface area contributed by atoms with E-state index >= 15 is 8.78 Å². The van der Waals surface area contributed by atoms with E-state index in [0.29, 0.717) is 23.8 Å². The number of carbonyl (C=O) groups excluding carboxylic acids is 3. The summed E-state index contributed by atoms with van der Waals surface area (Å²) in [6.45, 7) is 9.18. The molecule has 4 atom stereocenters. The van der Waals surface area contributed by atoms with Gasteiger partial charge in [-0.15, -0.1) is 0 Å². The molecule has 3 aliphatic heterocycles. The van der Waals surface area contributed by atoms with Crippen LogP contribution in [0.3, 0.4) is 0 Å². The largest absolute Gasteiger partial charge is 0.352 e. The number of nitrogens with zero attached hydrogens (tertiary/aromatic N) is 5. The van der Waals surface area contributed by atoms with E-state index in [1.807, 2.05) is 43.5 Å². The van der Waals surface area contributed by atoms with Crippen molar-refractivity contribution in [3.63, 3.8) is 0 Å². The Morgan fingerprint density at radius 1 is 1.02 bits per heavy atom. The molecule has 63 heavy (non-hydrogen) atoms. The average Bonchev–Trinajstić information content (AvgIpc) is 3.81. The first kappa shape index (κ1) is 44.6. The van der Waals surface area contributed by atoms with E-state index in [-0.39, 0.29) is 63.3 Å². The van der Waals surface area contributed by atoms with Crippen LogP contribution in [-0.2, 0) is 15.0 Å². The molecule has 1 aliphatic carbocycles. The van der Waals surface area contributed by atoms with Gasteiger partial charge in [0.1, 0.15) is 22.9 Å². The Bertz CT molecular complexity index is 2510. The number of piperidine rings is 1. The first-order chi connectivity index (χ1) is 30.1. The van der Waals surface area contributed by atoms with E-state index in [1.54, 1.807) is 12.3 Å². The number of rotatable bonds is 8. The Balaban J connectivity index is 0.898. The maximum Gasteiger partial charge on any atom is 0.329 e. The van der Waals surface area contributed by atoms with Gasteiger partial charge in [-0.1, -0.05) is 74.0 Å². The van der Waals surface area contributed by atoms with Crippen LogP contribution >= 0.6 is 23.2 Å². The maximum absolute atomic E-state index is 16.1. The Labute approximate surface area is 376 Å². The highest BCUT2D eigenvalue weighted by atomic mass is 35.5. The Kier molecular flexibility index (Phi) is 12.9. The van der Waals surface area contributed by atoms with Gasteiger partial charge in [0, 0.05) is 60.2 Å².